The average molecular weight is 306 g/mol. The van der Waals surface area contributed by atoms with Crippen LogP contribution in [0.2, 0.25) is 0 Å². The number of tetrazole rings is 1. The van der Waals surface area contributed by atoms with Crippen LogP contribution in [-0.4, -0.2) is 57.7 Å². The molecule has 2 aromatic heterocycles. The van der Waals surface area contributed by atoms with Crippen LogP contribution in [0.1, 0.15) is 22.5 Å². The van der Waals surface area contributed by atoms with Gasteiger partial charge < -0.3 is 10.2 Å². The molecule has 3 rings (SSSR count). The van der Waals surface area contributed by atoms with Crippen molar-refractivity contribution in [3.05, 3.63) is 22.7 Å². The lowest BCUT2D eigenvalue weighted by atomic mass is 9.98. The molecular formula is C13H18N6OS. The number of likely N-dealkylation sites (tertiary alicyclic amines) is 1. The van der Waals surface area contributed by atoms with Gasteiger partial charge in [-0.3, -0.25) is 4.79 Å². The van der Waals surface area contributed by atoms with Crippen LogP contribution in [0, 0.1) is 5.92 Å². The molecule has 0 saturated carbocycles. The number of rotatable bonds is 4. The summed E-state index contributed by atoms with van der Waals surface area (Å²) in [6, 6.07) is 1.88. The first-order valence-electron chi connectivity index (χ1n) is 7.04. The maximum atomic E-state index is 12.8. The van der Waals surface area contributed by atoms with E-state index in [1.807, 2.05) is 23.4 Å². The summed E-state index contributed by atoms with van der Waals surface area (Å²) in [5.41, 5.74) is 0.755. The third-order valence-corrected chi connectivity index (χ3v) is 4.63. The second-order valence-electron chi connectivity index (χ2n) is 5.21. The zero-order valence-electron chi connectivity index (χ0n) is 11.9. The molecule has 3 heterocycles. The number of nitrogens with zero attached hydrogens (tertiary/aromatic N) is 5. The lowest BCUT2D eigenvalue weighted by molar-refractivity contribution is 0.0679. The molecule has 8 heteroatoms. The van der Waals surface area contributed by atoms with Gasteiger partial charge in [0, 0.05) is 13.1 Å². The van der Waals surface area contributed by atoms with Gasteiger partial charge in [0.05, 0.1) is 5.69 Å². The third kappa shape index (κ3) is 2.96. The van der Waals surface area contributed by atoms with Gasteiger partial charge in [0.2, 0.25) is 0 Å². The van der Waals surface area contributed by atoms with Crippen molar-refractivity contribution in [1.82, 2.24) is 30.4 Å². The van der Waals surface area contributed by atoms with Crippen molar-refractivity contribution >= 4 is 17.2 Å². The van der Waals surface area contributed by atoms with Crippen LogP contribution >= 0.6 is 11.3 Å². The van der Waals surface area contributed by atoms with Crippen molar-refractivity contribution in [2.24, 2.45) is 5.92 Å². The number of piperidine rings is 1. The number of aromatic nitrogens is 4. The molecule has 0 aliphatic carbocycles. The monoisotopic (exact) mass is 306 g/mol. The quantitative estimate of drug-likeness (QED) is 0.904. The minimum atomic E-state index is 0.0799. The first kappa shape index (κ1) is 14.2. The molecule has 0 radical (unpaired) electrons. The molecule has 0 aromatic carbocycles. The van der Waals surface area contributed by atoms with Gasteiger partial charge in [-0.25, -0.2) is 0 Å². The molecule has 1 amide bonds. The highest BCUT2D eigenvalue weighted by Crippen LogP contribution is 2.25. The van der Waals surface area contributed by atoms with Crippen molar-refractivity contribution in [3.8, 4) is 5.69 Å². The van der Waals surface area contributed by atoms with Crippen molar-refractivity contribution in [1.29, 1.82) is 0 Å². The van der Waals surface area contributed by atoms with Gasteiger partial charge in [0.25, 0.3) is 5.91 Å². The Morgan fingerprint density at radius 2 is 2.48 bits per heavy atom. The lowest BCUT2D eigenvalue weighted by Crippen LogP contribution is -2.42. The van der Waals surface area contributed by atoms with E-state index in [0.717, 1.165) is 31.7 Å². The Labute approximate surface area is 126 Å². The van der Waals surface area contributed by atoms with Gasteiger partial charge in [-0.15, -0.1) is 16.4 Å². The highest BCUT2D eigenvalue weighted by Gasteiger charge is 2.26. The summed E-state index contributed by atoms with van der Waals surface area (Å²) >= 11 is 1.44. The lowest BCUT2D eigenvalue weighted by Gasteiger charge is -2.32. The predicted molar refractivity (Wildman–Crippen MR) is 79.6 cm³/mol. The Morgan fingerprint density at radius 1 is 1.57 bits per heavy atom. The molecule has 7 nitrogen and oxygen atoms in total. The van der Waals surface area contributed by atoms with Gasteiger partial charge in [-0.2, -0.15) is 4.68 Å². The zero-order valence-corrected chi connectivity index (χ0v) is 12.7. The van der Waals surface area contributed by atoms with Crippen molar-refractivity contribution < 1.29 is 4.79 Å². The van der Waals surface area contributed by atoms with Crippen LogP contribution in [0.4, 0.5) is 0 Å². The number of thiophene rings is 1. The van der Waals surface area contributed by atoms with E-state index in [1.165, 1.54) is 24.1 Å². The fourth-order valence-electron chi connectivity index (χ4n) is 2.76. The van der Waals surface area contributed by atoms with Crippen molar-refractivity contribution in [2.45, 2.75) is 12.8 Å². The minimum absolute atomic E-state index is 0.0799. The molecule has 1 unspecified atom stereocenters. The Hall–Kier alpha value is -1.80. The van der Waals surface area contributed by atoms with Gasteiger partial charge in [-0.1, -0.05) is 0 Å². The van der Waals surface area contributed by atoms with Gasteiger partial charge in [0.15, 0.2) is 0 Å². The average Bonchev–Trinajstić information content (AvgIpc) is 3.18. The highest BCUT2D eigenvalue weighted by atomic mass is 32.1. The van der Waals surface area contributed by atoms with Crippen molar-refractivity contribution in [2.75, 3.05) is 26.7 Å². The van der Waals surface area contributed by atoms with E-state index in [1.54, 1.807) is 4.68 Å². The highest BCUT2D eigenvalue weighted by molar-refractivity contribution is 7.12. The van der Waals surface area contributed by atoms with Crippen LogP contribution in [0.3, 0.4) is 0 Å². The van der Waals surface area contributed by atoms with E-state index in [9.17, 15) is 4.79 Å². The molecule has 1 saturated heterocycles. The topological polar surface area (TPSA) is 75.9 Å². The Bertz CT molecular complexity index is 594. The Kier molecular flexibility index (Phi) is 4.26. The largest absolute Gasteiger partial charge is 0.338 e. The first-order chi connectivity index (χ1) is 10.3. The van der Waals surface area contributed by atoms with E-state index >= 15 is 0 Å². The minimum Gasteiger partial charge on any atom is -0.338 e. The van der Waals surface area contributed by atoms with E-state index < -0.39 is 0 Å². The molecular weight excluding hydrogens is 288 g/mol. The molecule has 1 atom stereocenters. The third-order valence-electron chi connectivity index (χ3n) is 3.73. The van der Waals surface area contributed by atoms with Crippen molar-refractivity contribution in [3.63, 3.8) is 0 Å². The summed E-state index contributed by atoms with van der Waals surface area (Å²) in [6.07, 6.45) is 3.75. The molecule has 1 aliphatic rings. The molecule has 2 aromatic rings. The Morgan fingerprint density at radius 3 is 3.24 bits per heavy atom. The summed E-state index contributed by atoms with van der Waals surface area (Å²) < 4.78 is 1.54. The molecule has 0 bridgehead atoms. The summed E-state index contributed by atoms with van der Waals surface area (Å²) in [5, 5.41) is 16.2. The second kappa shape index (κ2) is 6.31. The van der Waals surface area contributed by atoms with Gasteiger partial charge in [-0.05, 0) is 54.2 Å². The number of carbonyl (C=O) groups excluding carboxylic acids is 1. The first-order valence-corrected chi connectivity index (χ1v) is 7.92. The molecule has 1 N–H and O–H groups in total. The number of amides is 1. The summed E-state index contributed by atoms with van der Waals surface area (Å²) in [5.74, 6) is 0.612. The van der Waals surface area contributed by atoms with Crippen LogP contribution in [-0.2, 0) is 0 Å². The number of hydrogen-bond donors (Lipinski definition) is 1. The van der Waals surface area contributed by atoms with E-state index in [4.69, 9.17) is 0 Å². The van der Waals surface area contributed by atoms with E-state index in [-0.39, 0.29) is 5.91 Å². The summed E-state index contributed by atoms with van der Waals surface area (Å²) in [7, 11) is 1.95. The number of nitrogens with one attached hydrogen (secondary N) is 1. The second-order valence-corrected chi connectivity index (χ2v) is 6.12. The molecule has 1 fully saturated rings. The molecule has 112 valence electrons. The van der Waals surface area contributed by atoms with Gasteiger partial charge in [0.1, 0.15) is 11.2 Å². The predicted octanol–water partition coefficient (Wildman–Crippen LogP) is 0.795. The standard InChI is InChI=1S/C13H18N6OS/c1-14-7-10-3-2-5-18(8-10)13(20)12-11(4-6-21-12)19-9-15-16-17-19/h4,6,9-10,14H,2-3,5,7-8H2,1H3. The van der Waals surface area contributed by atoms with Crippen LogP contribution in [0.25, 0.3) is 5.69 Å². The maximum absolute atomic E-state index is 12.8. The molecule has 21 heavy (non-hydrogen) atoms. The normalized spacial score (nSPS) is 18.9. The van der Waals surface area contributed by atoms with Crippen LogP contribution < -0.4 is 5.32 Å². The maximum Gasteiger partial charge on any atom is 0.266 e. The Balaban J connectivity index is 1.78. The fraction of sp³-hybridized carbons (Fsp3) is 0.538. The zero-order chi connectivity index (χ0) is 14.7. The molecule has 1 aliphatic heterocycles. The fourth-order valence-corrected chi connectivity index (χ4v) is 3.61. The smallest absolute Gasteiger partial charge is 0.266 e. The SMILES string of the molecule is CNCC1CCCN(C(=O)c2sccc2-n2cnnn2)C1. The summed E-state index contributed by atoms with van der Waals surface area (Å²) in [4.78, 5) is 15.4. The molecule has 0 spiro atoms. The number of carbonyl (C=O) groups is 1. The van der Waals surface area contributed by atoms with E-state index in [2.05, 4.69) is 20.8 Å². The van der Waals surface area contributed by atoms with Crippen LogP contribution in [0.5, 0.6) is 0 Å². The summed E-state index contributed by atoms with van der Waals surface area (Å²) in [6.45, 7) is 2.59. The van der Waals surface area contributed by atoms with Gasteiger partial charge >= 0.3 is 0 Å². The van der Waals surface area contributed by atoms with E-state index in [0.29, 0.717) is 10.8 Å². The number of hydrogen-bond acceptors (Lipinski definition) is 6. The van der Waals surface area contributed by atoms with Crippen LogP contribution in [0.15, 0.2) is 17.8 Å².